The van der Waals surface area contributed by atoms with Gasteiger partial charge in [-0.2, -0.15) is 11.8 Å². The van der Waals surface area contributed by atoms with Crippen molar-refractivity contribution in [3.63, 3.8) is 0 Å². The van der Waals surface area contributed by atoms with E-state index in [1.165, 1.54) is 18.6 Å². The summed E-state index contributed by atoms with van der Waals surface area (Å²) in [7, 11) is 5.50. The van der Waals surface area contributed by atoms with Crippen molar-refractivity contribution in [2.75, 3.05) is 5.75 Å². The van der Waals surface area contributed by atoms with E-state index in [0.29, 0.717) is 5.15 Å². The highest BCUT2D eigenvalue weighted by Gasteiger charge is 2.07. The fraction of sp³-hybridized carbons (Fsp3) is 1.00. The van der Waals surface area contributed by atoms with Gasteiger partial charge in [0.25, 0.3) is 0 Å². The molecule has 1 aliphatic heterocycles. The minimum Gasteiger partial charge on any atom is -0.168 e. The summed E-state index contributed by atoms with van der Waals surface area (Å²) in [5.41, 5.74) is 0. The van der Waals surface area contributed by atoms with Crippen LogP contribution >= 0.6 is 11.8 Å². The van der Waals surface area contributed by atoms with Crippen molar-refractivity contribution >= 4 is 19.6 Å². The number of rotatable bonds is 0. The van der Waals surface area contributed by atoms with Gasteiger partial charge in [-0.25, -0.2) is 0 Å². The van der Waals surface area contributed by atoms with Crippen LogP contribution < -0.4 is 0 Å². The Bertz CT molecular complexity index is 40.8. The van der Waals surface area contributed by atoms with E-state index in [9.17, 15) is 0 Å². The second-order valence-corrected chi connectivity index (χ2v) is 2.90. The zero-order valence-corrected chi connectivity index (χ0v) is 4.50. The van der Waals surface area contributed by atoms with Crippen molar-refractivity contribution in [2.45, 2.75) is 18.0 Å². The molecule has 0 amide bonds. The van der Waals surface area contributed by atoms with Crippen molar-refractivity contribution in [1.29, 1.82) is 0 Å². The zero-order valence-electron chi connectivity index (χ0n) is 3.68. The van der Waals surface area contributed by atoms with E-state index in [1.54, 1.807) is 0 Å². The molecular formula is C4H7BS. The molecule has 0 aromatic rings. The van der Waals surface area contributed by atoms with Crippen molar-refractivity contribution < 1.29 is 0 Å². The largest absolute Gasteiger partial charge is 0.168 e. The molecule has 1 atom stereocenters. The second kappa shape index (κ2) is 1.92. The summed E-state index contributed by atoms with van der Waals surface area (Å²) in [4.78, 5) is 0. The lowest BCUT2D eigenvalue weighted by molar-refractivity contribution is 0.918. The maximum Gasteiger partial charge on any atom is 0.0846 e. The molecule has 1 saturated heterocycles. The third-order valence-corrected chi connectivity index (χ3v) is 2.15. The average molecular weight is 98.0 g/mol. The molecule has 0 spiro atoms. The first-order valence-corrected chi connectivity index (χ1v) is 3.31. The summed E-state index contributed by atoms with van der Waals surface area (Å²) < 4.78 is 0. The van der Waals surface area contributed by atoms with E-state index in [2.05, 4.69) is 0 Å². The minimum absolute atomic E-state index is 0.463. The van der Waals surface area contributed by atoms with Crippen molar-refractivity contribution in [1.82, 2.24) is 0 Å². The van der Waals surface area contributed by atoms with Crippen molar-refractivity contribution in [3.05, 3.63) is 0 Å². The molecule has 32 valence electrons. The maximum atomic E-state index is 5.50. The SMILES string of the molecule is [B]C1CCCS1. The zero-order chi connectivity index (χ0) is 4.41. The fourth-order valence-corrected chi connectivity index (χ4v) is 1.57. The summed E-state index contributed by atoms with van der Waals surface area (Å²) in [6, 6.07) is 0. The predicted molar refractivity (Wildman–Crippen MR) is 31.2 cm³/mol. The molecule has 0 aliphatic carbocycles. The Labute approximate surface area is 44.1 Å². The molecule has 2 radical (unpaired) electrons. The van der Waals surface area contributed by atoms with Crippen molar-refractivity contribution in [3.8, 4) is 0 Å². The van der Waals surface area contributed by atoms with Crippen LogP contribution in [-0.4, -0.2) is 18.7 Å². The van der Waals surface area contributed by atoms with Crippen LogP contribution in [-0.2, 0) is 0 Å². The van der Waals surface area contributed by atoms with E-state index in [0.717, 1.165) is 0 Å². The molecule has 0 aromatic heterocycles. The Morgan fingerprint density at radius 2 is 2.50 bits per heavy atom. The van der Waals surface area contributed by atoms with Gasteiger partial charge in [0.2, 0.25) is 0 Å². The smallest absolute Gasteiger partial charge is 0.0846 e. The molecule has 0 aromatic carbocycles. The van der Waals surface area contributed by atoms with Gasteiger partial charge in [0.15, 0.2) is 0 Å². The summed E-state index contributed by atoms with van der Waals surface area (Å²) in [5, 5.41) is 0.463. The van der Waals surface area contributed by atoms with Crippen LogP contribution in [0, 0.1) is 0 Å². The van der Waals surface area contributed by atoms with Crippen LogP contribution in [0.4, 0.5) is 0 Å². The second-order valence-electron chi connectivity index (χ2n) is 1.55. The number of hydrogen-bond acceptors (Lipinski definition) is 1. The number of thioether (sulfide) groups is 1. The molecule has 1 unspecified atom stereocenters. The third kappa shape index (κ3) is 0.936. The topological polar surface area (TPSA) is 0 Å². The van der Waals surface area contributed by atoms with Gasteiger partial charge in [0.1, 0.15) is 0 Å². The number of hydrogen-bond donors (Lipinski definition) is 0. The molecule has 6 heavy (non-hydrogen) atoms. The molecule has 0 N–H and O–H groups in total. The normalized spacial score (nSPS) is 34.3. The lowest BCUT2D eigenvalue weighted by Gasteiger charge is -1.91. The molecule has 1 rings (SSSR count). The molecule has 0 bridgehead atoms. The lowest BCUT2D eigenvalue weighted by Crippen LogP contribution is -1.90. The Hall–Kier alpha value is 0.415. The highest BCUT2D eigenvalue weighted by molar-refractivity contribution is 8.01. The van der Waals surface area contributed by atoms with Gasteiger partial charge < -0.3 is 0 Å². The molecule has 2 heteroatoms. The monoisotopic (exact) mass is 98.0 g/mol. The first kappa shape index (κ1) is 4.57. The summed E-state index contributed by atoms with van der Waals surface area (Å²) in [6.45, 7) is 0. The maximum absolute atomic E-state index is 5.50. The van der Waals surface area contributed by atoms with Gasteiger partial charge in [-0.1, -0.05) is 0 Å². The molecule has 0 nitrogen and oxygen atoms in total. The van der Waals surface area contributed by atoms with Crippen LogP contribution in [0.15, 0.2) is 0 Å². The van der Waals surface area contributed by atoms with Gasteiger partial charge in [-0.15, -0.1) is 0 Å². The van der Waals surface area contributed by atoms with Crippen LogP contribution in [0.25, 0.3) is 0 Å². The van der Waals surface area contributed by atoms with Crippen molar-refractivity contribution in [2.24, 2.45) is 0 Å². The van der Waals surface area contributed by atoms with Crippen LogP contribution in [0.1, 0.15) is 12.8 Å². The van der Waals surface area contributed by atoms with Gasteiger partial charge in [-0.3, -0.25) is 0 Å². The minimum atomic E-state index is 0.463. The average Bonchev–Trinajstić information content (AvgIpc) is 1.86. The van der Waals surface area contributed by atoms with Gasteiger partial charge in [-0.05, 0) is 23.7 Å². The fourth-order valence-electron chi connectivity index (χ4n) is 0.603. The van der Waals surface area contributed by atoms with E-state index >= 15 is 0 Å². The molecule has 1 aliphatic rings. The first-order valence-electron chi connectivity index (χ1n) is 2.27. The Kier molecular flexibility index (Phi) is 1.46. The lowest BCUT2D eigenvalue weighted by atomic mass is 10.0. The Balaban J connectivity index is 2.18. The summed E-state index contributed by atoms with van der Waals surface area (Å²) in [6.07, 6.45) is 2.55. The third-order valence-electron chi connectivity index (χ3n) is 0.965. The quantitative estimate of drug-likeness (QED) is 0.407. The predicted octanol–water partition coefficient (Wildman–Crippen LogP) is 1.01. The molecular weight excluding hydrogens is 90.9 g/mol. The van der Waals surface area contributed by atoms with E-state index in [4.69, 9.17) is 7.85 Å². The van der Waals surface area contributed by atoms with E-state index in [1.807, 2.05) is 11.8 Å². The highest BCUT2D eigenvalue weighted by atomic mass is 32.2. The Morgan fingerprint density at radius 1 is 1.67 bits per heavy atom. The van der Waals surface area contributed by atoms with Gasteiger partial charge in [0.05, 0.1) is 7.85 Å². The van der Waals surface area contributed by atoms with Gasteiger partial charge >= 0.3 is 0 Å². The highest BCUT2D eigenvalue weighted by Crippen LogP contribution is 2.22. The summed E-state index contributed by atoms with van der Waals surface area (Å²) in [5.74, 6) is 1.28. The van der Waals surface area contributed by atoms with Crippen LogP contribution in [0.5, 0.6) is 0 Å². The first-order chi connectivity index (χ1) is 2.89. The van der Waals surface area contributed by atoms with E-state index in [-0.39, 0.29) is 0 Å². The van der Waals surface area contributed by atoms with E-state index < -0.39 is 0 Å². The van der Waals surface area contributed by atoms with Gasteiger partial charge in [0, 0.05) is 0 Å². The van der Waals surface area contributed by atoms with Crippen LogP contribution in [0.2, 0.25) is 0 Å². The molecule has 1 heterocycles. The summed E-state index contributed by atoms with van der Waals surface area (Å²) >= 11 is 1.87. The molecule has 0 saturated carbocycles. The van der Waals surface area contributed by atoms with Crippen LogP contribution in [0.3, 0.4) is 0 Å². The Morgan fingerprint density at radius 3 is 2.67 bits per heavy atom. The molecule has 1 fully saturated rings. The standard InChI is InChI=1S/C4H7BS/c5-4-2-1-3-6-4/h4H,1-3H2.